The first kappa shape index (κ1) is 15.1. The van der Waals surface area contributed by atoms with E-state index in [1.165, 1.54) is 12.3 Å². The maximum absolute atomic E-state index is 12.3. The molecule has 0 spiro atoms. The number of nitrogen functional groups attached to an aromatic ring is 1. The normalized spacial score (nSPS) is 24.0. The van der Waals surface area contributed by atoms with Crippen LogP contribution in [0.5, 0.6) is 0 Å². The van der Waals surface area contributed by atoms with E-state index in [-0.39, 0.29) is 28.6 Å². The van der Waals surface area contributed by atoms with E-state index in [2.05, 4.69) is 24.1 Å². The second-order valence-electron chi connectivity index (χ2n) is 5.62. The Morgan fingerprint density at radius 1 is 1.65 bits per heavy atom. The molecule has 1 saturated carbocycles. The van der Waals surface area contributed by atoms with Crippen LogP contribution in [0.3, 0.4) is 0 Å². The van der Waals surface area contributed by atoms with Crippen molar-refractivity contribution in [3.63, 3.8) is 0 Å². The van der Waals surface area contributed by atoms with Crippen molar-refractivity contribution >= 4 is 23.2 Å². The van der Waals surface area contributed by atoms with E-state index in [9.17, 15) is 4.79 Å². The highest BCUT2D eigenvalue weighted by atomic mass is 35.5. The monoisotopic (exact) mass is 297 g/mol. The summed E-state index contributed by atoms with van der Waals surface area (Å²) < 4.78 is 5.65. The summed E-state index contributed by atoms with van der Waals surface area (Å²) in [6.45, 7) is 6.83. The van der Waals surface area contributed by atoms with Crippen molar-refractivity contribution in [3.8, 4) is 0 Å². The van der Waals surface area contributed by atoms with E-state index >= 15 is 0 Å². The molecule has 1 heterocycles. The van der Waals surface area contributed by atoms with Gasteiger partial charge in [0.05, 0.1) is 23.6 Å². The van der Waals surface area contributed by atoms with Gasteiger partial charge in [-0.25, -0.2) is 4.98 Å². The third kappa shape index (κ3) is 2.74. The summed E-state index contributed by atoms with van der Waals surface area (Å²) in [7, 11) is 0. The van der Waals surface area contributed by atoms with Crippen LogP contribution in [-0.4, -0.2) is 29.6 Å². The van der Waals surface area contributed by atoms with Crippen molar-refractivity contribution in [2.75, 3.05) is 12.3 Å². The number of carbonyl (C=O) groups is 1. The summed E-state index contributed by atoms with van der Waals surface area (Å²) >= 11 is 5.80. The number of nitrogens with two attached hydrogens (primary N) is 1. The van der Waals surface area contributed by atoms with Crippen molar-refractivity contribution in [2.24, 2.45) is 5.41 Å². The fourth-order valence-corrected chi connectivity index (χ4v) is 2.65. The third-order valence-corrected chi connectivity index (χ3v) is 4.20. The van der Waals surface area contributed by atoms with Crippen molar-refractivity contribution in [2.45, 2.75) is 39.3 Å². The molecule has 1 aliphatic carbocycles. The minimum Gasteiger partial charge on any atom is -0.397 e. The van der Waals surface area contributed by atoms with E-state index in [4.69, 9.17) is 22.1 Å². The van der Waals surface area contributed by atoms with Crippen molar-refractivity contribution in [1.29, 1.82) is 0 Å². The molecule has 0 saturated heterocycles. The number of hydrogen-bond donors (Lipinski definition) is 2. The molecule has 3 N–H and O–H groups in total. The van der Waals surface area contributed by atoms with Gasteiger partial charge in [0.2, 0.25) is 0 Å². The summed E-state index contributed by atoms with van der Waals surface area (Å²) in [6.07, 6.45) is 2.38. The van der Waals surface area contributed by atoms with Gasteiger partial charge in [0.1, 0.15) is 5.15 Å². The molecule has 0 bridgehead atoms. The number of nitrogens with zero attached hydrogens (tertiary/aromatic N) is 1. The molecule has 0 radical (unpaired) electrons. The minimum atomic E-state index is -0.222. The van der Waals surface area contributed by atoms with Crippen LogP contribution in [-0.2, 0) is 4.74 Å². The highest BCUT2D eigenvalue weighted by molar-refractivity contribution is 6.29. The van der Waals surface area contributed by atoms with Crippen molar-refractivity contribution < 1.29 is 9.53 Å². The number of anilines is 1. The summed E-state index contributed by atoms with van der Waals surface area (Å²) in [5.74, 6) is -0.222. The molecular weight excluding hydrogens is 278 g/mol. The van der Waals surface area contributed by atoms with Crippen LogP contribution in [0, 0.1) is 5.41 Å². The van der Waals surface area contributed by atoms with Gasteiger partial charge in [0.25, 0.3) is 5.91 Å². The Morgan fingerprint density at radius 3 is 2.95 bits per heavy atom. The smallest absolute Gasteiger partial charge is 0.253 e. The van der Waals surface area contributed by atoms with Gasteiger partial charge in [-0.1, -0.05) is 25.4 Å². The summed E-state index contributed by atoms with van der Waals surface area (Å²) in [5, 5.41) is 3.25. The van der Waals surface area contributed by atoms with Crippen LogP contribution in [0.25, 0.3) is 0 Å². The fraction of sp³-hybridized carbons (Fsp3) is 0.571. The van der Waals surface area contributed by atoms with Crippen LogP contribution in [0.2, 0.25) is 5.15 Å². The molecule has 6 heteroatoms. The lowest BCUT2D eigenvalue weighted by Gasteiger charge is -2.51. The first-order valence-corrected chi connectivity index (χ1v) is 7.07. The zero-order valence-corrected chi connectivity index (χ0v) is 12.7. The maximum Gasteiger partial charge on any atom is 0.253 e. The Kier molecular flexibility index (Phi) is 4.20. The Labute approximate surface area is 123 Å². The van der Waals surface area contributed by atoms with Gasteiger partial charge in [0, 0.05) is 18.1 Å². The molecule has 1 fully saturated rings. The lowest BCUT2D eigenvalue weighted by Crippen LogP contribution is -2.62. The molecule has 2 rings (SSSR count). The van der Waals surface area contributed by atoms with E-state index in [1.807, 2.05) is 6.92 Å². The van der Waals surface area contributed by atoms with Crippen LogP contribution in [0.1, 0.15) is 37.6 Å². The number of ether oxygens (including phenoxy) is 1. The number of pyridine rings is 1. The van der Waals surface area contributed by atoms with Gasteiger partial charge in [-0.05, 0) is 19.4 Å². The van der Waals surface area contributed by atoms with Gasteiger partial charge in [-0.15, -0.1) is 0 Å². The molecular formula is C14H20ClN3O2. The molecule has 2 unspecified atom stereocenters. The molecule has 5 nitrogen and oxygen atoms in total. The fourth-order valence-electron chi connectivity index (χ4n) is 2.49. The van der Waals surface area contributed by atoms with Crippen molar-refractivity contribution in [1.82, 2.24) is 10.3 Å². The highest BCUT2D eigenvalue weighted by Crippen LogP contribution is 2.42. The molecule has 0 aliphatic heterocycles. The number of amides is 1. The highest BCUT2D eigenvalue weighted by Gasteiger charge is 2.49. The van der Waals surface area contributed by atoms with Gasteiger partial charge in [0.15, 0.2) is 0 Å². The predicted molar refractivity (Wildman–Crippen MR) is 78.7 cm³/mol. The lowest BCUT2D eigenvalue weighted by molar-refractivity contribution is -0.111. The van der Waals surface area contributed by atoms with Gasteiger partial charge in [-0.3, -0.25) is 4.79 Å². The standard InChI is InChI=1S/C14H20ClN3O2/c1-4-20-11-6-10(14(11,2)3)18-13(19)8-5-12(15)17-7-9(8)16/h5,7,10-11H,4,6,16H2,1-3H3,(H,18,19). The summed E-state index contributed by atoms with van der Waals surface area (Å²) in [4.78, 5) is 16.1. The first-order chi connectivity index (χ1) is 9.36. The molecule has 20 heavy (non-hydrogen) atoms. The number of carbonyl (C=O) groups excluding carboxylic acids is 1. The molecule has 1 aromatic heterocycles. The Hall–Kier alpha value is -1.33. The number of halogens is 1. The van der Waals surface area contributed by atoms with Gasteiger partial charge in [-0.2, -0.15) is 0 Å². The SMILES string of the molecule is CCOC1CC(NC(=O)c2cc(Cl)ncc2N)C1(C)C. The lowest BCUT2D eigenvalue weighted by atomic mass is 9.64. The topological polar surface area (TPSA) is 77.2 Å². The summed E-state index contributed by atoms with van der Waals surface area (Å²) in [6, 6.07) is 1.55. The number of aromatic nitrogens is 1. The summed E-state index contributed by atoms with van der Waals surface area (Å²) in [5.41, 5.74) is 6.36. The van der Waals surface area contributed by atoms with Gasteiger partial charge < -0.3 is 15.8 Å². The van der Waals surface area contributed by atoms with E-state index < -0.39 is 0 Å². The Morgan fingerprint density at radius 2 is 2.35 bits per heavy atom. The molecule has 1 aliphatic rings. The van der Waals surface area contributed by atoms with Gasteiger partial charge >= 0.3 is 0 Å². The van der Waals surface area contributed by atoms with Crippen LogP contribution >= 0.6 is 11.6 Å². The second kappa shape index (κ2) is 5.58. The zero-order valence-electron chi connectivity index (χ0n) is 11.9. The van der Waals surface area contributed by atoms with Crippen LogP contribution in [0.15, 0.2) is 12.3 Å². The molecule has 0 aromatic carbocycles. The molecule has 1 amide bonds. The zero-order chi connectivity index (χ0) is 14.9. The Bertz CT molecular complexity index is 519. The van der Waals surface area contributed by atoms with E-state index in [0.717, 1.165) is 6.42 Å². The number of nitrogens with one attached hydrogen (secondary N) is 1. The average molecular weight is 298 g/mol. The third-order valence-electron chi connectivity index (χ3n) is 4.00. The average Bonchev–Trinajstić information content (AvgIpc) is 2.40. The number of rotatable bonds is 4. The quantitative estimate of drug-likeness (QED) is 0.836. The van der Waals surface area contributed by atoms with Crippen molar-refractivity contribution in [3.05, 3.63) is 23.0 Å². The van der Waals surface area contributed by atoms with E-state index in [0.29, 0.717) is 17.9 Å². The van der Waals surface area contributed by atoms with Crippen LogP contribution in [0.4, 0.5) is 5.69 Å². The van der Waals surface area contributed by atoms with Crippen LogP contribution < -0.4 is 11.1 Å². The molecule has 1 aromatic rings. The van der Waals surface area contributed by atoms with E-state index in [1.54, 1.807) is 0 Å². The Balaban J connectivity index is 2.05. The molecule has 2 atom stereocenters. The first-order valence-electron chi connectivity index (χ1n) is 6.69. The number of hydrogen-bond acceptors (Lipinski definition) is 4. The largest absolute Gasteiger partial charge is 0.397 e. The second-order valence-corrected chi connectivity index (χ2v) is 6.01. The maximum atomic E-state index is 12.3. The predicted octanol–water partition coefficient (Wildman–Crippen LogP) is 2.25. The minimum absolute atomic E-state index is 0.0675. The molecule has 110 valence electrons.